The molecule has 22 heavy (non-hydrogen) atoms. The Morgan fingerprint density at radius 1 is 1.55 bits per heavy atom. The van der Waals surface area contributed by atoms with Crippen molar-refractivity contribution in [3.05, 3.63) is 35.5 Å². The Morgan fingerprint density at radius 2 is 2.41 bits per heavy atom. The molecule has 0 unspecified atom stereocenters. The van der Waals surface area contributed by atoms with E-state index in [0.717, 1.165) is 42.8 Å². The third-order valence-electron chi connectivity index (χ3n) is 3.94. The van der Waals surface area contributed by atoms with Crippen LogP contribution in [0, 0.1) is 6.92 Å². The summed E-state index contributed by atoms with van der Waals surface area (Å²) < 4.78 is 7.09. The van der Waals surface area contributed by atoms with Crippen LogP contribution >= 0.6 is 0 Å². The van der Waals surface area contributed by atoms with Crippen molar-refractivity contribution in [1.82, 2.24) is 25.2 Å². The normalized spacial score (nSPS) is 17.9. The smallest absolute Gasteiger partial charge is 0.318 e. The van der Waals surface area contributed by atoms with Crippen LogP contribution in [-0.4, -0.2) is 39.0 Å². The first kappa shape index (κ1) is 14.6. The Bertz CT molecular complexity index is 648. The number of nitrogens with one attached hydrogen (secondary N) is 1. The number of aryl methyl sites for hydroxylation is 2. The maximum absolute atomic E-state index is 12.4. The minimum absolute atomic E-state index is 0.000378. The van der Waals surface area contributed by atoms with Gasteiger partial charge >= 0.3 is 6.03 Å². The van der Waals surface area contributed by atoms with Crippen LogP contribution < -0.4 is 5.32 Å². The highest BCUT2D eigenvalue weighted by molar-refractivity contribution is 5.75. The molecular weight excluding hydrogens is 282 g/mol. The molecule has 1 aliphatic heterocycles. The van der Waals surface area contributed by atoms with E-state index >= 15 is 0 Å². The van der Waals surface area contributed by atoms with Gasteiger partial charge in [-0.3, -0.25) is 4.68 Å². The number of aromatic nitrogens is 3. The summed E-state index contributed by atoms with van der Waals surface area (Å²) in [6.45, 7) is 3.24. The minimum atomic E-state index is -0.0413. The first-order valence-electron chi connectivity index (χ1n) is 7.58. The second kappa shape index (κ2) is 6.21. The molecule has 1 aliphatic rings. The fourth-order valence-electron chi connectivity index (χ4n) is 2.86. The third-order valence-corrected chi connectivity index (χ3v) is 3.94. The molecule has 1 saturated heterocycles. The van der Waals surface area contributed by atoms with Crippen LogP contribution in [0.3, 0.4) is 0 Å². The zero-order valence-corrected chi connectivity index (χ0v) is 13.0. The van der Waals surface area contributed by atoms with Crippen molar-refractivity contribution in [3.8, 4) is 0 Å². The number of urea groups is 1. The first-order valence-corrected chi connectivity index (χ1v) is 7.58. The summed E-state index contributed by atoms with van der Waals surface area (Å²) in [6.07, 6.45) is 6.47. The lowest BCUT2D eigenvalue weighted by atomic mass is 10.1. The van der Waals surface area contributed by atoms with Crippen LogP contribution in [0.25, 0.3) is 0 Å². The summed E-state index contributed by atoms with van der Waals surface area (Å²) in [6, 6.07) is 1.87. The van der Waals surface area contributed by atoms with Crippen LogP contribution in [0.15, 0.2) is 23.0 Å². The lowest BCUT2D eigenvalue weighted by Crippen LogP contribution is -2.40. The largest absolute Gasteiger partial charge is 0.359 e. The summed E-state index contributed by atoms with van der Waals surface area (Å²) in [5, 5.41) is 11.0. The van der Waals surface area contributed by atoms with Gasteiger partial charge in [0.25, 0.3) is 0 Å². The Balaban J connectivity index is 1.54. The summed E-state index contributed by atoms with van der Waals surface area (Å²) in [5.74, 6) is 0.775. The van der Waals surface area contributed by atoms with Crippen LogP contribution in [0.2, 0.25) is 0 Å². The number of carbonyl (C=O) groups excluding carboxylic acids is 1. The molecule has 3 heterocycles. The molecule has 7 heteroatoms. The van der Waals surface area contributed by atoms with Crippen LogP contribution in [0.4, 0.5) is 4.79 Å². The van der Waals surface area contributed by atoms with Crippen molar-refractivity contribution in [2.24, 2.45) is 7.05 Å². The number of amides is 2. The average molecular weight is 303 g/mol. The van der Waals surface area contributed by atoms with Gasteiger partial charge in [-0.05, 0) is 31.7 Å². The molecule has 0 saturated carbocycles. The van der Waals surface area contributed by atoms with Gasteiger partial charge in [0.05, 0.1) is 17.9 Å². The van der Waals surface area contributed by atoms with E-state index in [-0.39, 0.29) is 12.1 Å². The second-order valence-electron chi connectivity index (χ2n) is 5.73. The molecule has 118 valence electrons. The van der Waals surface area contributed by atoms with E-state index in [1.54, 1.807) is 4.68 Å². The molecule has 0 radical (unpaired) electrons. The summed E-state index contributed by atoms with van der Waals surface area (Å²) in [4.78, 5) is 14.2. The Morgan fingerprint density at radius 3 is 3.09 bits per heavy atom. The molecule has 3 rings (SSSR count). The lowest BCUT2D eigenvalue weighted by molar-refractivity contribution is 0.182. The molecule has 1 fully saturated rings. The highest BCUT2D eigenvalue weighted by Crippen LogP contribution is 2.32. The van der Waals surface area contributed by atoms with Gasteiger partial charge in [-0.25, -0.2) is 4.79 Å². The van der Waals surface area contributed by atoms with E-state index in [2.05, 4.69) is 15.6 Å². The van der Waals surface area contributed by atoms with Crippen molar-refractivity contribution < 1.29 is 9.32 Å². The summed E-state index contributed by atoms with van der Waals surface area (Å²) in [7, 11) is 1.89. The second-order valence-corrected chi connectivity index (χ2v) is 5.73. The fraction of sp³-hybridized carbons (Fsp3) is 0.533. The molecule has 2 amide bonds. The maximum atomic E-state index is 12.4. The van der Waals surface area contributed by atoms with Gasteiger partial charge in [0.1, 0.15) is 0 Å². The van der Waals surface area contributed by atoms with E-state index in [1.807, 2.05) is 37.3 Å². The number of carbonyl (C=O) groups is 1. The third kappa shape index (κ3) is 3.13. The van der Waals surface area contributed by atoms with E-state index in [0.29, 0.717) is 6.54 Å². The summed E-state index contributed by atoms with van der Waals surface area (Å²) >= 11 is 0. The predicted molar refractivity (Wildman–Crippen MR) is 80.2 cm³/mol. The predicted octanol–water partition coefficient (Wildman–Crippen LogP) is 1.81. The van der Waals surface area contributed by atoms with Crippen molar-refractivity contribution in [2.45, 2.75) is 32.2 Å². The van der Waals surface area contributed by atoms with Crippen molar-refractivity contribution >= 4 is 6.03 Å². The number of rotatable bonds is 4. The van der Waals surface area contributed by atoms with Crippen LogP contribution in [0.5, 0.6) is 0 Å². The molecular formula is C15H21N5O2. The SMILES string of the molecule is Cc1cc([C@H]2CCCN2C(=O)NCCc2cnn(C)c2)on1. The monoisotopic (exact) mass is 303 g/mol. The highest BCUT2D eigenvalue weighted by atomic mass is 16.5. The molecule has 2 aromatic rings. The van der Waals surface area contributed by atoms with Crippen molar-refractivity contribution in [3.63, 3.8) is 0 Å². The van der Waals surface area contributed by atoms with Gasteiger partial charge in [0, 0.05) is 32.4 Å². The van der Waals surface area contributed by atoms with Gasteiger partial charge < -0.3 is 14.7 Å². The quantitative estimate of drug-likeness (QED) is 0.934. The van der Waals surface area contributed by atoms with Gasteiger partial charge in [-0.15, -0.1) is 0 Å². The van der Waals surface area contributed by atoms with Gasteiger partial charge in [0.2, 0.25) is 0 Å². The van der Waals surface area contributed by atoms with E-state index < -0.39 is 0 Å². The van der Waals surface area contributed by atoms with Crippen molar-refractivity contribution in [1.29, 1.82) is 0 Å². The van der Waals surface area contributed by atoms with E-state index in [4.69, 9.17) is 4.52 Å². The number of hydrogen-bond acceptors (Lipinski definition) is 4. The first-order chi connectivity index (χ1) is 10.6. The van der Waals surface area contributed by atoms with Gasteiger partial charge in [-0.2, -0.15) is 5.10 Å². The van der Waals surface area contributed by atoms with Crippen LogP contribution in [0.1, 0.15) is 35.9 Å². The number of likely N-dealkylation sites (tertiary alicyclic amines) is 1. The topological polar surface area (TPSA) is 76.2 Å². The zero-order valence-electron chi connectivity index (χ0n) is 13.0. The molecule has 0 bridgehead atoms. The van der Waals surface area contributed by atoms with Gasteiger partial charge in [0.15, 0.2) is 5.76 Å². The summed E-state index contributed by atoms with van der Waals surface area (Å²) in [5.41, 5.74) is 1.96. The molecule has 1 atom stereocenters. The van der Waals surface area contributed by atoms with Crippen molar-refractivity contribution in [2.75, 3.05) is 13.1 Å². The van der Waals surface area contributed by atoms with Crippen LogP contribution in [-0.2, 0) is 13.5 Å². The lowest BCUT2D eigenvalue weighted by Gasteiger charge is -2.22. The Labute approximate surface area is 129 Å². The fourth-order valence-corrected chi connectivity index (χ4v) is 2.86. The molecule has 0 aliphatic carbocycles. The zero-order chi connectivity index (χ0) is 15.5. The molecule has 1 N–H and O–H groups in total. The standard InChI is InChI=1S/C15H21N5O2/c1-11-8-14(22-18-11)13-4-3-7-20(13)15(21)16-6-5-12-9-17-19(2)10-12/h8-10,13H,3-7H2,1-2H3,(H,16,21)/t13-/m1/s1. The number of hydrogen-bond donors (Lipinski definition) is 1. The maximum Gasteiger partial charge on any atom is 0.318 e. The van der Waals surface area contributed by atoms with E-state index in [9.17, 15) is 4.79 Å². The Kier molecular flexibility index (Phi) is 4.13. The van der Waals surface area contributed by atoms with Gasteiger partial charge in [-0.1, -0.05) is 5.16 Å². The number of nitrogens with zero attached hydrogens (tertiary/aromatic N) is 4. The highest BCUT2D eigenvalue weighted by Gasteiger charge is 2.32. The molecule has 0 spiro atoms. The molecule has 0 aromatic carbocycles. The average Bonchev–Trinajstić information content (AvgIpc) is 3.19. The minimum Gasteiger partial charge on any atom is -0.359 e. The van der Waals surface area contributed by atoms with E-state index in [1.165, 1.54) is 0 Å². The molecule has 2 aromatic heterocycles. The molecule has 7 nitrogen and oxygen atoms in total. The Hall–Kier alpha value is -2.31.